The molecule has 3 rings (SSSR count). The van der Waals surface area contributed by atoms with E-state index in [-0.39, 0.29) is 23.8 Å². The van der Waals surface area contributed by atoms with Crippen LogP contribution in [0.3, 0.4) is 0 Å². The van der Waals surface area contributed by atoms with Crippen molar-refractivity contribution in [2.45, 2.75) is 26.7 Å². The molecule has 0 aliphatic carbocycles. The van der Waals surface area contributed by atoms with Crippen molar-refractivity contribution < 1.29 is 14.3 Å². The van der Waals surface area contributed by atoms with Gasteiger partial charge in [0.1, 0.15) is 5.75 Å². The third kappa shape index (κ3) is 5.45. The van der Waals surface area contributed by atoms with Gasteiger partial charge in [-0.25, -0.2) is 4.79 Å². The standard InChI is InChI=1S/C23H28ClN3O3/c1-15-14-20(30-3)8-9-21(15)26-22(28)16(2)17-10-12-27(13-11-17)23(29)25-19-6-4-18(24)5-7-19/h4-9,14,16-17H,10-13H2,1-3H3,(H,25,29)(H,26,28)/t16-/m1/s1. The molecule has 0 bridgehead atoms. The Balaban J connectivity index is 1.50. The second kappa shape index (κ2) is 9.85. The molecule has 7 heteroatoms. The van der Waals surface area contributed by atoms with Crippen LogP contribution in [0.5, 0.6) is 5.75 Å². The molecule has 0 aromatic heterocycles. The summed E-state index contributed by atoms with van der Waals surface area (Å²) in [7, 11) is 1.62. The Hall–Kier alpha value is -2.73. The van der Waals surface area contributed by atoms with Crippen LogP contribution in [0.15, 0.2) is 42.5 Å². The number of amides is 3. The van der Waals surface area contributed by atoms with Crippen LogP contribution in [0.2, 0.25) is 5.02 Å². The van der Waals surface area contributed by atoms with Crippen molar-refractivity contribution in [3.8, 4) is 5.75 Å². The average Bonchev–Trinajstić information content (AvgIpc) is 2.76. The molecular formula is C23H28ClN3O3. The van der Waals surface area contributed by atoms with Gasteiger partial charge >= 0.3 is 6.03 Å². The number of benzene rings is 2. The number of hydrogen-bond acceptors (Lipinski definition) is 3. The van der Waals surface area contributed by atoms with E-state index in [2.05, 4.69) is 10.6 Å². The smallest absolute Gasteiger partial charge is 0.321 e. The third-order valence-corrected chi connectivity index (χ3v) is 5.99. The summed E-state index contributed by atoms with van der Waals surface area (Å²) < 4.78 is 5.21. The number of likely N-dealkylation sites (tertiary alicyclic amines) is 1. The largest absolute Gasteiger partial charge is 0.497 e. The van der Waals surface area contributed by atoms with Crippen LogP contribution in [0.4, 0.5) is 16.2 Å². The molecule has 0 radical (unpaired) electrons. The van der Waals surface area contributed by atoms with Crippen molar-refractivity contribution in [2.24, 2.45) is 11.8 Å². The van der Waals surface area contributed by atoms with Crippen LogP contribution in [-0.2, 0) is 4.79 Å². The summed E-state index contributed by atoms with van der Waals surface area (Å²) in [6, 6.07) is 12.5. The van der Waals surface area contributed by atoms with Gasteiger partial charge in [0.15, 0.2) is 0 Å². The van der Waals surface area contributed by atoms with E-state index in [1.165, 1.54) is 0 Å². The topological polar surface area (TPSA) is 70.7 Å². The highest BCUT2D eigenvalue weighted by Crippen LogP contribution is 2.28. The minimum Gasteiger partial charge on any atom is -0.497 e. The fourth-order valence-electron chi connectivity index (χ4n) is 3.70. The number of nitrogens with zero attached hydrogens (tertiary/aromatic N) is 1. The molecule has 6 nitrogen and oxygen atoms in total. The minimum atomic E-state index is -0.132. The maximum Gasteiger partial charge on any atom is 0.321 e. The number of halogens is 1. The van der Waals surface area contributed by atoms with E-state index in [1.807, 2.05) is 32.0 Å². The Morgan fingerprint density at radius 1 is 1.10 bits per heavy atom. The maximum atomic E-state index is 12.8. The first kappa shape index (κ1) is 22.0. The van der Waals surface area contributed by atoms with E-state index in [4.69, 9.17) is 16.3 Å². The number of ether oxygens (including phenoxy) is 1. The number of piperidine rings is 1. The summed E-state index contributed by atoms with van der Waals surface area (Å²) >= 11 is 5.88. The highest BCUT2D eigenvalue weighted by atomic mass is 35.5. The zero-order chi connectivity index (χ0) is 21.7. The Morgan fingerprint density at radius 3 is 2.37 bits per heavy atom. The van der Waals surface area contributed by atoms with E-state index in [1.54, 1.807) is 36.3 Å². The summed E-state index contributed by atoms with van der Waals surface area (Å²) in [5.74, 6) is 0.881. The second-order valence-electron chi connectivity index (χ2n) is 7.72. The molecule has 1 aliphatic heterocycles. The molecule has 2 aromatic carbocycles. The van der Waals surface area contributed by atoms with Crippen molar-refractivity contribution in [1.82, 2.24) is 4.90 Å². The lowest BCUT2D eigenvalue weighted by Gasteiger charge is -2.34. The number of hydrogen-bond donors (Lipinski definition) is 2. The Bertz CT molecular complexity index is 893. The van der Waals surface area contributed by atoms with Crippen molar-refractivity contribution in [1.29, 1.82) is 0 Å². The van der Waals surface area contributed by atoms with Gasteiger partial charge in [-0.3, -0.25) is 4.79 Å². The molecule has 30 heavy (non-hydrogen) atoms. The predicted molar refractivity (Wildman–Crippen MR) is 120 cm³/mol. The van der Waals surface area contributed by atoms with E-state index >= 15 is 0 Å². The van der Waals surface area contributed by atoms with Crippen LogP contribution in [-0.4, -0.2) is 37.0 Å². The van der Waals surface area contributed by atoms with Crippen LogP contribution >= 0.6 is 11.6 Å². The van der Waals surface area contributed by atoms with Gasteiger partial charge in [-0.2, -0.15) is 0 Å². The molecule has 2 N–H and O–H groups in total. The number of anilines is 2. The van der Waals surface area contributed by atoms with Crippen LogP contribution in [0.1, 0.15) is 25.3 Å². The molecule has 1 aliphatic rings. The first-order valence-electron chi connectivity index (χ1n) is 10.1. The summed E-state index contributed by atoms with van der Waals surface area (Å²) in [6.07, 6.45) is 1.59. The van der Waals surface area contributed by atoms with Crippen LogP contribution < -0.4 is 15.4 Å². The van der Waals surface area contributed by atoms with E-state index in [0.29, 0.717) is 23.8 Å². The first-order valence-corrected chi connectivity index (χ1v) is 10.5. The molecule has 1 heterocycles. The lowest BCUT2D eigenvalue weighted by molar-refractivity contribution is -0.121. The number of rotatable bonds is 5. The maximum absolute atomic E-state index is 12.8. The number of carbonyl (C=O) groups excluding carboxylic acids is 2. The lowest BCUT2D eigenvalue weighted by Crippen LogP contribution is -2.43. The normalized spacial score (nSPS) is 15.4. The zero-order valence-electron chi connectivity index (χ0n) is 17.6. The van der Waals surface area contributed by atoms with Gasteiger partial charge in [0, 0.05) is 35.4 Å². The quantitative estimate of drug-likeness (QED) is 0.688. The zero-order valence-corrected chi connectivity index (χ0v) is 18.3. The molecule has 0 saturated carbocycles. The third-order valence-electron chi connectivity index (χ3n) is 5.73. The van der Waals surface area contributed by atoms with Gasteiger partial charge in [0.25, 0.3) is 0 Å². The molecule has 1 saturated heterocycles. The van der Waals surface area contributed by atoms with E-state index in [9.17, 15) is 9.59 Å². The number of urea groups is 1. The Morgan fingerprint density at radius 2 is 1.77 bits per heavy atom. The highest BCUT2D eigenvalue weighted by molar-refractivity contribution is 6.30. The molecular weight excluding hydrogens is 402 g/mol. The molecule has 0 unspecified atom stereocenters. The SMILES string of the molecule is COc1ccc(NC(=O)[C@H](C)C2CCN(C(=O)Nc3ccc(Cl)cc3)CC2)c(C)c1. The fourth-order valence-corrected chi connectivity index (χ4v) is 3.83. The molecule has 2 aromatic rings. The minimum absolute atomic E-state index is 0.00679. The molecule has 1 atom stereocenters. The number of aryl methyl sites for hydroxylation is 1. The fraction of sp³-hybridized carbons (Fsp3) is 0.391. The number of carbonyl (C=O) groups is 2. The average molecular weight is 430 g/mol. The van der Waals surface area contributed by atoms with Gasteiger partial charge < -0.3 is 20.3 Å². The Labute approximate surface area is 182 Å². The second-order valence-corrected chi connectivity index (χ2v) is 8.16. The summed E-state index contributed by atoms with van der Waals surface area (Å²) in [4.78, 5) is 27.0. The van der Waals surface area contributed by atoms with Gasteiger partial charge in [-0.15, -0.1) is 0 Å². The molecule has 3 amide bonds. The highest BCUT2D eigenvalue weighted by Gasteiger charge is 2.30. The predicted octanol–water partition coefficient (Wildman–Crippen LogP) is 5.18. The summed E-state index contributed by atoms with van der Waals surface area (Å²) in [5.41, 5.74) is 2.48. The van der Waals surface area contributed by atoms with E-state index in [0.717, 1.165) is 29.8 Å². The van der Waals surface area contributed by atoms with Crippen LogP contribution in [0.25, 0.3) is 0 Å². The molecule has 1 fully saturated rings. The number of nitrogens with one attached hydrogen (secondary N) is 2. The van der Waals surface area contributed by atoms with Gasteiger partial charge in [0.05, 0.1) is 7.11 Å². The number of methoxy groups -OCH3 is 1. The monoisotopic (exact) mass is 429 g/mol. The lowest BCUT2D eigenvalue weighted by atomic mass is 9.85. The van der Waals surface area contributed by atoms with Gasteiger partial charge in [-0.1, -0.05) is 18.5 Å². The summed E-state index contributed by atoms with van der Waals surface area (Å²) in [6.45, 7) is 5.16. The summed E-state index contributed by atoms with van der Waals surface area (Å²) in [5, 5.41) is 6.55. The van der Waals surface area contributed by atoms with Crippen molar-refractivity contribution in [3.05, 3.63) is 53.1 Å². The first-order chi connectivity index (χ1) is 14.4. The van der Waals surface area contributed by atoms with E-state index < -0.39 is 0 Å². The van der Waals surface area contributed by atoms with Gasteiger partial charge in [0.2, 0.25) is 5.91 Å². The molecule has 160 valence electrons. The van der Waals surface area contributed by atoms with Crippen molar-refractivity contribution >= 4 is 34.9 Å². The van der Waals surface area contributed by atoms with Crippen molar-refractivity contribution in [2.75, 3.05) is 30.8 Å². The van der Waals surface area contributed by atoms with Crippen molar-refractivity contribution in [3.63, 3.8) is 0 Å². The molecule has 0 spiro atoms. The Kier molecular flexibility index (Phi) is 7.21. The van der Waals surface area contributed by atoms with Crippen LogP contribution in [0, 0.1) is 18.8 Å². The van der Waals surface area contributed by atoms with Gasteiger partial charge in [-0.05, 0) is 73.7 Å².